The quantitative estimate of drug-likeness (QED) is 0.820. The number of hydrogen-bond acceptors (Lipinski definition) is 4. The number of benzene rings is 1. The predicted octanol–water partition coefficient (Wildman–Crippen LogP) is 2.58. The van der Waals surface area contributed by atoms with Crippen LogP contribution >= 0.6 is 11.6 Å². The Bertz CT molecular complexity index is 436. The van der Waals surface area contributed by atoms with Gasteiger partial charge in [-0.05, 0) is 44.5 Å². The van der Waals surface area contributed by atoms with Crippen molar-refractivity contribution in [3.05, 3.63) is 29.3 Å². The smallest absolute Gasteiger partial charge is 0.119 e. The van der Waals surface area contributed by atoms with Crippen LogP contribution in [0.3, 0.4) is 0 Å². The molecule has 1 N–H and O–H groups in total. The molecule has 118 valence electrons. The molecule has 21 heavy (non-hydrogen) atoms. The van der Waals surface area contributed by atoms with Crippen LogP contribution < -0.4 is 4.74 Å². The summed E-state index contributed by atoms with van der Waals surface area (Å²) < 4.78 is 11.5. The Morgan fingerprint density at radius 1 is 1.38 bits per heavy atom. The van der Waals surface area contributed by atoms with Gasteiger partial charge in [-0.2, -0.15) is 0 Å². The van der Waals surface area contributed by atoms with E-state index in [1.165, 1.54) is 0 Å². The van der Waals surface area contributed by atoms with E-state index in [1.54, 1.807) is 0 Å². The Balaban J connectivity index is 1.71. The monoisotopic (exact) mass is 313 g/mol. The van der Waals surface area contributed by atoms with Crippen molar-refractivity contribution in [3.63, 3.8) is 0 Å². The molecule has 1 saturated heterocycles. The van der Waals surface area contributed by atoms with Gasteiger partial charge in [-0.25, -0.2) is 0 Å². The molecule has 1 aromatic rings. The number of hydrogen-bond donors (Lipinski definition) is 1. The Hall–Kier alpha value is -0.810. The van der Waals surface area contributed by atoms with Gasteiger partial charge in [-0.15, -0.1) is 0 Å². The van der Waals surface area contributed by atoms with E-state index in [9.17, 15) is 5.11 Å². The highest BCUT2D eigenvalue weighted by molar-refractivity contribution is 6.30. The van der Waals surface area contributed by atoms with E-state index in [2.05, 4.69) is 18.7 Å². The molecular weight excluding hydrogens is 290 g/mol. The molecule has 0 aromatic heterocycles. The van der Waals surface area contributed by atoms with Crippen LogP contribution in [-0.4, -0.2) is 54.6 Å². The maximum atomic E-state index is 9.30. The van der Waals surface area contributed by atoms with Gasteiger partial charge in [-0.1, -0.05) is 11.6 Å². The standard InChI is InChI=1S/C16H24ClNO3/c1-16(2)12-18(10-15(11-19)21-16)8-3-9-20-14-6-4-13(17)5-7-14/h4-7,15,19H,3,8-12H2,1-2H3. The molecule has 0 bridgehead atoms. The van der Waals surface area contributed by atoms with Gasteiger partial charge in [0.2, 0.25) is 0 Å². The van der Waals surface area contributed by atoms with Crippen molar-refractivity contribution >= 4 is 11.6 Å². The van der Waals surface area contributed by atoms with Crippen LogP contribution in [0.1, 0.15) is 20.3 Å². The van der Waals surface area contributed by atoms with Crippen LogP contribution in [0.5, 0.6) is 5.75 Å². The molecule has 1 aliphatic heterocycles. The van der Waals surface area contributed by atoms with Crippen molar-refractivity contribution < 1.29 is 14.6 Å². The number of morpholine rings is 1. The van der Waals surface area contributed by atoms with Crippen LogP contribution in [0.15, 0.2) is 24.3 Å². The molecule has 0 radical (unpaired) electrons. The predicted molar refractivity (Wildman–Crippen MR) is 84.0 cm³/mol. The van der Waals surface area contributed by atoms with E-state index in [0.717, 1.165) is 31.8 Å². The zero-order valence-electron chi connectivity index (χ0n) is 12.7. The van der Waals surface area contributed by atoms with E-state index in [4.69, 9.17) is 21.1 Å². The maximum Gasteiger partial charge on any atom is 0.119 e. The van der Waals surface area contributed by atoms with Crippen LogP contribution in [0, 0.1) is 0 Å². The van der Waals surface area contributed by atoms with Gasteiger partial charge in [0, 0.05) is 24.7 Å². The van der Waals surface area contributed by atoms with E-state index < -0.39 is 0 Å². The summed E-state index contributed by atoms with van der Waals surface area (Å²) in [5.41, 5.74) is -0.206. The number of aliphatic hydroxyl groups excluding tert-OH is 1. The summed E-state index contributed by atoms with van der Waals surface area (Å²) in [5.74, 6) is 0.843. The molecule has 1 aliphatic rings. The lowest BCUT2D eigenvalue weighted by molar-refractivity contribution is -0.149. The summed E-state index contributed by atoms with van der Waals surface area (Å²) in [6, 6.07) is 7.41. The molecule has 0 amide bonds. The first-order chi connectivity index (χ1) is 9.98. The third-order valence-corrected chi connectivity index (χ3v) is 3.71. The van der Waals surface area contributed by atoms with Crippen LogP contribution in [0.25, 0.3) is 0 Å². The minimum atomic E-state index is -0.206. The SMILES string of the molecule is CC1(C)CN(CCCOc2ccc(Cl)cc2)CC(CO)O1. The lowest BCUT2D eigenvalue weighted by Gasteiger charge is -2.42. The zero-order valence-corrected chi connectivity index (χ0v) is 13.5. The van der Waals surface area contributed by atoms with Gasteiger partial charge in [0.05, 0.1) is 24.9 Å². The number of rotatable bonds is 6. The second-order valence-corrected chi connectivity index (χ2v) is 6.51. The normalized spacial score (nSPS) is 22.2. The largest absolute Gasteiger partial charge is 0.494 e. The molecule has 4 nitrogen and oxygen atoms in total. The molecule has 0 saturated carbocycles. The first-order valence-electron chi connectivity index (χ1n) is 7.38. The summed E-state index contributed by atoms with van der Waals surface area (Å²) >= 11 is 5.83. The molecule has 0 spiro atoms. The Labute approximate surface area is 131 Å². The average Bonchev–Trinajstić information content (AvgIpc) is 2.44. The van der Waals surface area contributed by atoms with E-state index in [-0.39, 0.29) is 18.3 Å². The summed E-state index contributed by atoms with van der Waals surface area (Å²) in [6.07, 6.45) is 0.850. The molecule has 1 atom stereocenters. The third-order valence-electron chi connectivity index (χ3n) is 3.46. The van der Waals surface area contributed by atoms with Gasteiger partial charge >= 0.3 is 0 Å². The summed E-state index contributed by atoms with van der Waals surface area (Å²) in [6.45, 7) is 7.46. The van der Waals surface area contributed by atoms with Gasteiger partial charge < -0.3 is 14.6 Å². The summed E-state index contributed by atoms with van der Waals surface area (Å²) in [5, 5.41) is 10.0. The molecule has 5 heteroatoms. The fourth-order valence-electron chi connectivity index (χ4n) is 2.69. The molecule has 1 heterocycles. The zero-order chi connectivity index (χ0) is 15.3. The van der Waals surface area contributed by atoms with Crippen molar-refractivity contribution in [1.82, 2.24) is 4.90 Å². The van der Waals surface area contributed by atoms with Crippen molar-refractivity contribution in [2.75, 3.05) is 32.8 Å². The van der Waals surface area contributed by atoms with Crippen molar-refractivity contribution in [3.8, 4) is 5.75 Å². The molecular formula is C16H24ClNO3. The Kier molecular flexibility index (Phi) is 5.88. The number of aliphatic hydroxyl groups is 1. The van der Waals surface area contributed by atoms with Gasteiger partial charge in [0.15, 0.2) is 0 Å². The van der Waals surface area contributed by atoms with Gasteiger partial charge in [0.25, 0.3) is 0 Å². The van der Waals surface area contributed by atoms with Crippen molar-refractivity contribution in [1.29, 1.82) is 0 Å². The highest BCUT2D eigenvalue weighted by Crippen LogP contribution is 2.21. The van der Waals surface area contributed by atoms with Crippen LogP contribution in [-0.2, 0) is 4.74 Å². The third kappa shape index (κ3) is 5.47. The summed E-state index contributed by atoms with van der Waals surface area (Å²) in [4.78, 5) is 2.33. The van der Waals surface area contributed by atoms with E-state index >= 15 is 0 Å². The second kappa shape index (κ2) is 7.45. The first kappa shape index (κ1) is 16.6. The highest BCUT2D eigenvalue weighted by atomic mass is 35.5. The minimum Gasteiger partial charge on any atom is -0.494 e. The van der Waals surface area contributed by atoms with Gasteiger partial charge in [-0.3, -0.25) is 4.90 Å². The van der Waals surface area contributed by atoms with E-state index in [1.807, 2.05) is 24.3 Å². The Morgan fingerprint density at radius 3 is 2.76 bits per heavy atom. The number of halogens is 1. The minimum absolute atomic E-state index is 0.0706. The highest BCUT2D eigenvalue weighted by Gasteiger charge is 2.32. The van der Waals surface area contributed by atoms with Gasteiger partial charge in [0.1, 0.15) is 5.75 Å². The fourth-order valence-corrected chi connectivity index (χ4v) is 2.82. The van der Waals surface area contributed by atoms with Crippen LogP contribution in [0.2, 0.25) is 5.02 Å². The maximum absolute atomic E-state index is 9.30. The molecule has 1 unspecified atom stereocenters. The Morgan fingerprint density at radius 2 is 2.10 bits per heavy atom. The van der Waals surface area contributed by atoms with Crippen LogP contribution in [0.4, 0.5) is 0 Å². The number of ether oxygens (including phenoxy) is 2. The summed E-state index contributed by atoms with van der Waals surface area (Å²) in [7, 11) is 0. The van der Waals surface area contributed by atoms with Crippen molar-refractivity contribution in [2.24, 2.45) is 0 Å². The second-order valence-electron chi connectivity index (χ2n) is 6.07. The molecule has 1 aromatic carbocycles. The number of nitrogens with zero attached hydrogens (tertiary/aromatic N) is 1. The van der Waals surface area contributed by atoms with E-state index in [0.29, 0.717) is 11.6 Å². The molecule has 1 fully saturated rings. The molecule has 0 aliphatic carbocycles. The lowest BCUT2D eigenvalue weighted by Crippen LogP contribution is -2.54. The molecule has 2 rings (SSSR count). The fraction of sp³-hybridized carbons (Fsp3) is 0.625. The van der Waals surface area contributed by atoms with Crippen molar-refractivity contribution in [2.45, 2.75) is 32.0 Å². The average molecular weight is 314 g/mol. The topological polar surface area (TPSA) is 41.9 Å². The first-order valence-corrected chi connectivity index (χ1v) is 7.76. The lowest BCUT2D eigenvalue weighted by atomic mass is 10.1.